The van der Waals surface area contributed by atoms with Gasteiger partial charge in [0.1, 0.15) is 5.69 Å². The second-order valence-electron chi connectivity index (χ2n) is 5.45. The number of halogens is 2. The van der Waals surface area contributed by atoms with E-state index in [4.69, 9.17) is 23.2 Å². The first-order valence-corrected chi connectivity index (χ1v) is 8.35. The lowest BCUT2D eigenvalue weighted by atomic mass is 10.2. The van der Waals surface area contributed by atoms with Crippen molar-refractivity contribution in [2.75, 3.05) is 5.32 Å². The Kier molecular flexibility index (Phi) is 5.25. The van der Waals surface area contributed by atoms with E-state index >= 15 is 0 Å². The summed E-state index contributed by atoms with van der Waals surface area (Å²) in [5.41, 5.74) is -0.356. The van der Waals surface area contributed by atoms with E-state index in [9.17, 15) is 14.4 Å². The number of nitrogens with zero attached hydrogens (tertiary/aromatic N) is 1. The molecule has 0 radical (unpaired) electrons. The molecule has 0 saturated carbocycles. The van der Waals surface area contributed by atoms with Gasteiger partial charge in [0.05, 0.1) is 22.3 Å². The summed E-state index contributed by atoms with van der Waals surface area (Å²) in [6.07, 6.45) is 0. The number of benzene rings is 2. The van der Waals surface area contributed by atoms with Gasteiger partial charge in [0.15, 0.2) is 0 Å². The Bertz CT molecular complexity index is 1040. The molecule has 3 aromatic rings. The number of aromatic amines is 1. The van der Waals surface area contributed by atoms with Gasteiger partial charge in [0, 0.05) is 6.07 Å². The first-order valence-electron chi connectivity index (χ1n) is 7.59. The van der Waals surface area contributed by atoms with Gasteiger partial charge in [0.25, 0.3) is 11.5 Å². The summed E-state index contributed by atoms with van der Waals surface area (Å²) < 4.78 is 1.01. The Balaban J connectivity index is 1.88. The molecule has 3 rings (SSSR count). The number of H-pyrrole nitrogens is 1. The maximum absolute atomic E-state index is 12.3. The van der Waals surface area contributed by atoms with Gasteiger partial charge < -0.3 is 10.3 Å². The third kappa shape index (κ3) is 3.87. The van der Waals surface area contributed by atoms with Crippen LogP contribution >= 0.6 is 23.2 Å². The summed E-state index contributed by atoms with van der Waals surface area (Å²) in [7, 11) is 0. The molecular formula is C18H13Cl2N3O3. The lowest BCUT2D eigenvalue weighted by molar-refractivity contribution is 0.102. The molecule has 1 amide bonds. The van der Waals surface area contributed by atoms with Gasteiger partial charge in [-0.05, 0) is 17.7 Å². The van der Waals surface area contributed by atoms with Crippen LogP contribution in [0.4, 0.5) is 5.69 Å². The summed E-state index contributed by atoms with van der Waals surface area (Å²) in [6, 6.07) is 14.9. The summed E-state index contributed by atoms with van der Waals surface area (Å²) >= 11 is 11.9. The third-order valence-electron chi connectivity index (χ3n) is 3.65. The molecule has 132 valence electrons. The summed E-state index contributed by atoms with van der Waals surface area (Å²) in [5, 5.41) is 2.96. The SMILES string of the molecule is O=C(Nc1cccc(Cl)c1Cl)c1cc(=O)n(Cc2ccccc2)c(=O)[nH]1. The van der Waals surface area contributed by atoms with Gasteiger partial charge >= 0.3 is 5.69 Å². The van der Waals surface area contributed by atoms with Gasteiger partial charge in [-0.1, -0.05) is 59.6 Å². The molecule has 1 aromatic heterocycles. The van der Waals surface area contributed by atoms with Crippen LogP contribution in [0.15, 0.2) is 64.2 Å². The van der Waals surface area contributed by atoms with Crippen molar-refractivity contribution in [2.45, 2.75) is 6.54 Å². The van der Waals surface area contributed by atoms with Crippen LogP contribution in [0, 0.1) is 0 Å². The topological polar surface area (TPSA) is 84.0 Å². The van der Waals surface area contributed by atoms with Crippen molar-refractivity contribution in [3.63, 3.8) is 0 Å². The number of anilines is 1. The first kappa shape index (κ1) is 18.0. The third-order valence-corrected chi connectivity index (χ3v) is 4.47. The number of rotatable bonds is 4. The number of hydrogen-bond acceptors (Lipinski definition) is 3. The fourth-order valence-electron chi connectivity index (χ4n) is 2.35. The van der Waals surface area contributed by atoms with Crippen molar-refractivity contribution in [2.24, 2.45) is 0 Å². The Morgan fingerprint density at radius 2 is 1.77 bits per heavy atom. The molecule has 2 aromatic carbocycles. The highest BCUT2D eigenvalue weighted by atomic mass is 35.5. The normalized spacial score (nSPS) is 10.5. The highest BCUT2D eigenvalue weighted by Crippen LogP contribution is 2.29. The van der Waals surface area contributed by atoms with Gasteiger partial charge in [-0.2, -0.15) is 0 Å². The zero-order chi connectivity index (χ0) is 18.7. The quantitative estimate of drug-likeness (QED) is 0.718. The number of carbonyl (C=O) groups is 1. The molecule has 0 aliphatic heterocycles. The molecule has 2 N–H and O–H groups in total. The molecule has 0 atom stereocenters. The summed E-state index contributed by atoms with van der Waals surface area (Å²) in [4.78, 5) is 39.2. The maximum Gasteiger partial charge on any atom is 0.329 e. The predicted octanol–water partition coefficient (Wildman–Crippen LogP) is 3.14. The highest BCUT2D eigenvalue weighted by molar-refractivity contribution is 6.44. The zero-order valence-electron chi connectivity index (χ0n) is 13.3. The van der Waals surface area contributed by atoms with E-state index in [2.05, 4.69) is 10.3 Å². The minimum atomic E-state index is -0.677. The highest BCUT2D eigenvalue weighted by Gasteiger charge is 2.14. The molecule has 0 aliphatic carbocycles. The Morgan fingerprint density at radius 3 is 2.46 bits per heavy atom. The molecule has 1 heterocycles. The van der Waals surface area contributed by atoms with Gasteiger partial charge in [-0.25, -0.2) is 4.79 Å². The fraction of sp³-hybridized carbons (Fsp3) is 0.0556. The minimum absolute atomic E-state index is 0.108. The van der Waals surface area contributed by atoms with Crippen LogP contribution in [-0.2, 0) is 6.54 Å². The smallest absolute Gasteiger partial charge is 0.319 e. The van der Waals surface area contributed by atoms with Gasteiger partial charge in [0.2, 0.25) is 0 Å². The first-order chi connectivity index (χ1) is 12.5. The van der Waals surface area contributed by atoms with Crippen molar-refractivity contribution < 1.29 is 4.79 Å². The van der Waals surface area contributed by atoms with E-state index in [1.54, 1.807) is 30.3 Å². The standard InChI is InChI=1S/C18H13Cl2N3O3/c19-12-7-4-8-13(16(12)20)21-17(25)14-9-15(24)23(18(26)22-14)10-11-5-2-1-3-6-11/h1-9H,10H2,(H,21,25)(H,22,26). The van der Waals surface area contributed by atoms with Crippen LogP contribution in [0.1, 0.15) is 16.1 Å². The minimum Gasteiger partial charge on any atom is -0.319 e. The van der Waals surface area contributed by atoms with Crippen LogP contribution in [0.2, 0.25) is 10.0 Å². The fourth-order valence-corrected chi connectivity index (χ4v) is 2.70. The van der Waals surface area contributed by atoms with E-state index < -0.39 is 17.2 Å². The molecular weight excluding hydrogens is 377 g/mol. The molecule has 0 aliphatic rings. The Hall–Kier alpha value is -2.83. The molecule has 0 spiro atoms. The van der Waals surface area contributed by atoms with E-state index in [-0.39, 0.29) is 28.0 Å². The molecule has 8 heteroatoms. The van der Waals surface area contributed by atoms with Crippen molar-refractivity contribution >= 4 is 34.8 Å². The summed E-state index contributed by atoms with van der Waals surface area (Å²) in [5.74, 6) is -0.671. The lowest BCUT2D eigenvalue weighted by Crippen LogP contribution is -2.37. The van der Waals surface area contributed by atoms with E-state index in [1.165, 1.54) is 0 Å². The molecule has 0 fully saturated rings. The van der Waals surface area contributed by atoms with Crippen molar-refractivity contribution in [1.82, 2.24) is 9.55 Å². The van der Waals surface area contributed by atoms with Gasteiger partial charge in [-0.3, -0.25) is 14.2 Å². The number of amides is 1. The Labute approximate surface area is 158 Å². The van der Waals surface area contributed by atoms with Crippen LogP contribution in [0.5, 0.6) is 0 Å². The second-order valence-corrected chi connectivity index (χ2v) is 6.24. The number of aromatic nitrogens is 2. The van der Waals surface area contributed by atoms with Crippen molar-refractivity contribution in [3.8, 4) is 0 Å². The number of nitrogens with one attached hydrogen (secondary N) is 2. The molecule has 0 unspecified atom stereocenters. The van der Waals surface area contributed by atoms with Crippen LogP contribution in [-0.4, -0.2) is 15.5 Å². The average Bonchev–Trinajstić information content (AvgIpc) is 2.62. The van der Waals surface area contributed by atoms with Crippen molar-refractivity contribution in [1.29, 1.82) is 0 Å². The average molecular weight is 390 g/mol. The largest absolute Gasteiger partial charge is 0.329 e. The van der Waals surface area contributed by atoms with Crippen LogP contribution < -0.4 is 16.6 Å². The summed E-state index contributed by atoms with van der Waals surface area (Å²) in [6.45, 7) is 0.108. The van der Waals surface area contributed by atoms with E-state index in [0.717, 1.165) is 16.2 Å². The number of hydrogen-bond donors (Lipinski definition) is 2. The predicted molar refractivity (Wildman–Crippen MR) is 101 cm³/mol. The zero-order valence-corrected chi connectivity index (χ0v) is 14.8. The molecule has 6 nitrogen and oxygen atoms in total. The maximum atomic E-state index is 12.3. The molecule has 0 bridgehead atoms. The number of carbonyl (C=O) groups excluding carboxylic acids is 1. The van der Waals surface area contributed by atoms with Gasteiger partial charge in [-0.15, -0.1) is 0 Å². The second kappa shape index (κ2) is 7.59. The van der Waals surface area contributed by atoms with Crippen molar-refractivity contribution in [3.05, 3.63) is 96.7 Å². The monoisotopic (exact) mass is 389 g/mol. The van der Waals surface area contributed by atoms with Crippen LogP contribution in [0.25, 0.3) is 0 Å². The Morgan fingerprint density at radius 1 is 1.04 bits per heavy atom. The van der Waals surface area contributed by atoms with E-state index in [1.807, 2.05) is 18.2 Å². The molecule has 26 heavy (non-hydrogen) atoms. The lowest BCUT2D eigenvalue weighted by Gasteiger charge is -2.09. The van der Waals surface area contributed by atoms with Crippen LogP contribution in [0.3, 0.4) is 0 Å². The van der Waals surface area contributed by atoms with E-state index in [0.29, 0.717) is 0 Å². The molecule has 0 saturated heterocycles.